The van der Waals surface area contributed by atoms with E-state index in [1.165, 1.54) is 17.2 Å². The molecular weight excluding hydrogens is 613 g/mol. The van der Waals surface area contributed by atoms with Gasteiger partial charge in [0.2, 0.25) is 5.91 Å². The normalized spacial score (nSPS) is 22.7. The number of amides is 3. The van der Waals surface area contributed by atoms with Crippen LogP contribution in [0.15, 0.2) is 30.9 Å². The van der Waals surface area contributed by atoms with E-state index in [1.807, 2.05) is 4.90 Å². The van der Waals surface area contributed by atoms with Gasteiger partial charge in [-0.3, -0.25) is 23.9 Å². The van der Waals surface area contributed by atoms with Crippen LogP contribution in [-0.2, 0) is 20.9 Å². The van der Waals surface area contributed by atoms with Crippen LogP contribution >= 0.6 is 24.8 Å². The molecule has 19 heteroatoms. The Bertz CT molecular complexity index is 1470. The third-order valence-electron chi connectivity index (χ3n) is 7.31. The molecular formula is C24H33Cl2N9O8. The molecule has 2 fully saturated rings. The number of rotatable bonds is 5. The molecule has 3 aliphatic rings. The van der Waals surface area contributed by atoms with Crippen molar-refractivity contribution in [2.45, 2.75) is 31.1 Å². The van der Waals surface area contributed by atoms with E-state index in [-0.39, 0.29) is 59.9 Å². The maximum absolute atomic E-state index is 13.2. The van der Waals surface area contributed by atoms with Gasteiger partial charge in [0.15, 0.2) is 23.8 Å². The highest BCUT2D eigenvalue weighted by Gasteiger charge is 2.49. The minimum absolute atomic E-state index is 0. The van der Waals surface area contributed by atoms with Crippen LogP contribution in [0, 0.1) is 0 Å². The summed E-state index contributed by atoms with van der Waals surface area (Å²) in [6.45, 7) is 1.99. The fourth-order valence-electron chi connectivity index (χ4n) is 5.22. The first-order valence-electron chi connectivity index (χ1n) is 12.5. The molecule has 5 heterocycles. The summed E-state index contributed by atoms with van der Waals surface area (Å²) in [7, 11) is 0. The number of benzene rings is 1. The van der Waals surface area contributed by atoms with E-state index < -0.39 is 30.4 Å². The molecule has 3 amide bonds. The molecule has 3 aliphatic heterocycles. The fourth-order valence-corrected chi connectivity index (χ4v) is 5.22. The Morgan fingerprint density at radius 2 is 1.79 bits per heavy atom. The predicted molar refractivity (Wildman–Crippen MR) is 157 cm³/mol. The summed E-state index contributed by atoms with van der Waals surface area (Å²) in [5, 5.41) is 26.9. The second kappa shape index (κ2) is 14.2. The number of aliphatic hydroxyl groups is 2. The molecule has 4 atom stereocenters. The molecule has 3 aromatic rings. The maximum atomic E-state index is 13.2. The lowest BCUT2D eigenvalue weighted by atomic mass is 10.1. The Morgan fingerprint density at radius 1 is 1.07 bits per heavy atom. The first-order valence-corrected chi connectivity index (χ1v) is 12.5. The number of fused-ring (bicyclic) bond motifs is 2. The number of aromatic nitrogens is 4. The van der Waals surface area contributed by atoms with E-state index in [4.69, 9.17) is 10.5 Å². The van der Waals surface area contributed by atoms with Crippen molar-refractivity contribution in [3.63, 3.8) is 0 Å². The number of nitrogens with one attached hydrogen (secondary N) is 2. The van der Waals surface area contributed by atoms with E-state index in [0.717, 1.165) is 5.56 Å². The van der Waals surface area contributed by atoms with E-state index >= 15 is 0 Å². The molecule has 0 spiro atoms. The second-order valence-electron chi connectivity index (χ2n) is 9.68. The van der Waals surface area contributed by atoms with Crippen molar-refractivity contribution in [2.24, 2.45) is 0 Å². The monoisotopic (exact) mass is 645 g/mol. The van der Waals surface area contributed by atoms with Crippen LogP contribution in [-0.4, -0.2) is 119 Å². The standard InChI is InChI=1S/C24H27N9O6.2ClH.2H2O/c25-20-16-21(28-10-27-20)33(11-29-16)24-18(36)17(35)19(39-24)23(38)32-6-4-31(5-7-32)9-15(34)30-14-3-1-2-12-13(14)8-26-22(12)37;;;;/h1-3,10-11,17-19,24,35-36H,4-9H2,(H,26,37)(H,30,34)(H2,25,27,28);2*1H;2*1H2/t17-,18+,19?,24+;;;;/m1..../s1. The SMILES string of the molecule is Cl.Cl.Nc1ncnc2c1ncn2[C@H]1OC(C(=O)N2CCN(CC(=O)Nc3cccc4c3CNC4=O)CC2)[C@H](O)[C@@H]1O.O.O. The minimum Gasteiger partial charge on any atom is -0.412 e. The lowest BCUT2D eigenvalue weighted by Crippen LogP contribution is -2.54. The minimum atomic E-state index is -1.46. The van der Waals surface area contributed by atoms with Crippen LogP contribution in [0.25, 0.3) is 11.2 Å². The molecule has 1 unspecified atom stereocenters. The third-order valence-corrected chi connectivity index (χ3v) is 7.31. The molecule has 10 N–H and O–H groups in total. The Hall–Kier alpha value is -3.68. The Morgan fingerprint density at radius 3 is 2.51 bits per heavy atom. The molecule has 6 rings (SSSR count). The Balaban J connectivity index is 0.00000161. The van der Waals surface area contributed by atoms with Crippen molar-refractivity contribution in [2.75, 3.05) is 43.8 Å². The van der Waals surface area contributed by atoms with Crippen molar-refractivity contribution in [1.29, 1.82) is 0 Å². The number of ether oxygens (including phenoxy) is 1. The molecule has 2 aromatic heterocycles. The topological polar surface area (TPSA) is 264 Å². The number of hydrogen-bond acceptors (Lipinski definition) is 11. The van der Waals surface area contributed by atoms with Gasteiger partial charge in [0.25, 0.3) is 11.8 Å². The third kappa shape index (κ3) is 6.48. The van der Waals surface area contributed by atoms with Gasteiger partial charge in [-0.2, -0.15) is 0 Å². The van der Waals surface area contributed by atoms with Gasteiger partial charge in [-0.25, -0.2) is 15.0 Å². The van der Waals surface area contributed by atoms with Crippen LogP contribution in [0.4, 0.5) is 11.5 Å². The molecule has 2 saturated heterocycles. The highest BCUT2D eigenvalue weighted by Crippen LogP contribution is 2.33. The van der Waals surface area contributed by atoms with Gasteiger partial charge in [0.1, 0.15) is 24.1 Å². The van der Waals surface area contributed by atoms with Crippen molar-refractivity contribution < 1.29 is 40.3 Å². The summed E-state index contributed by atoms with van der Waals surface area (Å²) in [6, 6.07) is 5.21. The fraction of sp³-hybridized carbons (Fsp3) is 0.417. The zero-order valence-corrected chi connectivity index (χ0v) is 24.2. The number of anilines is 2. The first kappa shape index (κ1) is 35.5. The molecule has 0 aliphatic carbocycles. The number of nitrogens with zero attached hydrogens (tertiary/aromatic N) is 6. The summed E-state index contributed by atoms with van der Waals surface area (Å²) >= 11 is 0. The Kier molecular flexibility index (Phi) is 11.7. The van der Waals surface area contributed by atoms with Crippen LogP contribution in [0.3, 0.4) is 0 Å². The number of nitrogen functional groups attached to an aromatic ring is 1. The smallest absolute Gasteiger partial charge is 0.254 e. The second-order valence-corrected chi connectivity index (χ2v) is 9.68. The van der Waals surface area contributed by atoms with E-state index in [9.17, 15) is 24.6 Å². The number of carbonyl (C=O) groups is 3. The average molecular weight is 646 g/mol. The Labute approximate surface area is 256 Å². The molecule has 0 radical (unpaired) electrons. The van der Waals surface area contributed by atoms with Crippen molar-refractivity contribution in [3.05, 3.63) is 42.0 Å². The summed E-state index contributed by atoms with van der Waals surface area (Å²) < 4.78 is 7.23. The quantitative estimate of drug-likeness (QED) is 0.190. The summed E-state index contributed by atoms with van der Waals surface area (Å²) in [5.41, 5.74) is 8.38. The summed E-state index contributed by atoms with van der Waals surface area (Å²) in [6.07, 6.45) is -2.62. The number of nitrogens with two attached hydrogens (primary N) is 1. The van der Waals surface area contributed by atoms with E-state index in [1.54, 1.807) is 23.1 Å². The molecule has 0 saturated carbocycles. The molecule has 236 valence electrons. The maximum Gasteiger partial charge on any atom is 0.254 e. The van der Waals surface area contributed by atoms with Crippen LogP contribution in [0.2, 0.25) is 0 Å². The van der Waals surface area contributed by atoms with Crippen LogP contribution in [0.5, 0.6) is 0 Å². The molecule has 0 bridgehead atoms. The zero-order chi connectivity index (χ0) is 27.3. The molecule has 1 aromatic carbocycles. The zero-order valence-electron chi connectivity index (χ0n) is 22.5. The lowest BCUT2D eigenvalue weighted by Gasteiger charge is -2.35. The van der Waals surface area contributed by atoms with Crippen molar-refractivity contribution in [3.8, 4) is 0 Å². The van der Waals surface area contributed by atoms with Gasteiger partial charge >= 0.3 is 0 Å². The number of hydrogen-bond donors (Lipinski definition) is 5. The van der Waals surface area contributed by atoms with Gasteiger partial charge < -0.3 is 47.2 Å². The predicted octanol–water partition coefficient (Wildman–Crippen LogP) is -2.75. The van der Waals surface area contributed by atoms with E-state index in [0.29, 0.717) is 55.1 Å². The van der Waals surface area contributed by atoms with Crippen LogP contribution in [0.1, 0.15) is 22.1 Å². The van der Waals surface area contributed by atoms with Gasteiger partial charge in [0, 0.05) is 49.5 Å². The first-order chi connectivity index (χ1) is 18.8. The summed E-state index contributed by atoms with van der Waals surface area (Å²) in [5.74, 6) is -0.677. The van der Waals surface area contributed by atoms with Gasteiger partial charge in [-0.05, 0) is 12.1 Å². The lowest BCUT2D eigenvalue weighted by molar-refractivity contribution is -0.150. The molecule has 17 nitrogen and oxygen atoms in total. The number of aliphatic hydroxyl groups excluding tert-OH is 2. The largest absolute Gasteiger partial charge is 0.412 e. The van der Waals surface area contributed by atoms with Crippen LogP contribution < -0.4 is 16.4 Å². The van der Waals surface area contributed by atoms with Crippen molar-refractivity contribution in [1.82, 2.24) is 34.6 Å². The van der Waals surface area contributed by atoms with Crippen molar-refractivity contribution >= 4 is 65.2 Å². The summed E-state index contributed by atoms with van der Waals surface area (Å²) in [4.78, 5) is 53.4. The number of halogens is 2. The highest BCUT2D eigenvalue weighted by atomic mass is 35.5. The van der Waals surface area contributed by atoms with Gasteiger partial charge in [-0.15, -0.1) is 24.8 Å². The van der Waals surface area contributed by atoms with Gasteiger partial charge in [-0.1, -0.05) is 6.07 Å². The number of imidazole rings is 1. The number of carbonyl (C=O) groups excluding carboxylic acids is 3. The average Bonchev–Trinajstić information content (AvgIpc) is 3.61. The number of piperazine rings is 1. The molecule has 43 heavy (non-hydrogen) atoms. The highest BCUT2D eigenvalue weighted by molar-refractivity contribution is 6.02. The van der Waals surface area contributed by atoms with Gasteiger partial charge in [0.05, 0.1) is 12.9 Å². The van der Waals surface area contributed by atoms with E-state index in [2.05, 4.69) is 25.6 Å².